The van der Waals surface area contributed by atoms with Crippen molar-refractivity contribution in [2.24, 2.45) is 0 Å². The number of amides is 2. The number of ether oxygens (including phenoxy) is 1. The third-order valence-electron chi connectivity index (χ3n) is 6.98. The number of anilines is 1. The molecule has 0 saturated carbocycles. The first-order chi connectivity index (χ1) is 20.8. The van der Waals surface area contributed by atoms with Crippen molar-refractivity contribution in [1.29, 1.82) is 0 Å². The zero-order valence-corrected chi connectivity index (χ0v) is 27.0. The molecule has 14 heteroatoms. The molecule has 2 atom stereocenters. The molecule has 0 aliphatic heterocycles. The van der Waals surface area contributed by atoms with Crippen LogP contribution in [-0.4, -0.2) is 62.0 Å². The van der Waals surface area contributed by atoms with Crippen LogP contribution in [0.2, 0.25) is 10.0 Å². The van der Waals surface area contributed by atoms with Crippen LogP contribution < -0.4 is 14.4 Å². The van der Waals surface area contributed by atoms with Crippen LogP contribution in [0.1, 0.15) is 31.4 Å². The molecular formula is C30H34Cl2N4O7S. The Morgan fingerprint density at radius 2 is 1.68 bits per heavy atom. The number of carbonyl (C=O) groups excluding carboxylic acids is 2. The highest BCUT2D eigenvalue weighted by Crippen LogP contribution is 2.34. The van der Waals surface area contributed by atoms with Crippen molar-refractivity contribution in [3.63, 3.8) is 0 Å². The van der Waals surface area contributed by atoms with Crippen molar-refractivity contribution in [3.8, 4) is 5.75 Å². The highest BCUT2D eigenvalue weighted by Gasteiger charge is 2.35. The molecule has 0 spiro atoms. The number of hydrogen-bond donors (Lipinski definition) is 1. The maximum absolute atomic E-state index is 14.3. The Bertz CT molecular complexity index is 1590. The van der Waals surface area contributed by atoms with Gasteiger partial charge in [-0.05, 0) is 37.1 Å². The SMILES string of the molecule is CC[C@@H](C)NC(=O)[C@@H](Cc1ccccc1)N(Cc1c(Cl)cccc1Cl)C(=O)CN(c1cc([N+](=O)[O-])ccc1OC)S(C)(=O)=O. The van der Waals surface area contributed by atoms with Gasteiger partial charge in [0.05, 0.1) is 18.3 Å². The number of nitro benzene ring substituents is 1. The molecule has 11 nitrogen and oxygen atoms in total. The Morgan fingerprint density at radius 3 is 2.23 bits per heavy atom. The van der Waals surface area contributed by atoms with Gasteiger partial charge in [-0.15, -0.1) is 0 Å². The first-order valence-corrected chi connectivity index (χ1v) is 16.2. The summed E-state index contributed by atoms with van der Waals surface area (Å²) in [5, 5.41) is 14.9. The number of benzene rings is 3. The number of sulfonamides is 1. The summed E-state index contributed by atoms with van der Waals surface area (Å²) in [7, 11) is -2.94. The second-order valence-corrected chi connectivity index (χ2v) is 12.8. The largest absolute Gasteiger partial charge is 0.495 e. The van der Waals surface area contributed by atoms with E-state index in [9.17, 15) is 28.1 Å². The lowest BCUT2D eigenvalue weighted by molar-refractivity contribution is -0.384. The Balaban J connectivity index is 2.18. The molecule has 1 N–H and O–H groups in total. The van der Waals surface area contributed by atoms with E-state index in [1.807, 2.05) is 32.0 Å². The molecule has 0 unspecified atom stereocenters. The molecule has 0 heterocycles. The van der Waals surface area contributed by atoms with Gasteiger partial charge in [-0.25, -0.2) is 8.42 Å². The van der Waals surface area contributed by atoms with Crippen molar-refractivity contribution in [2.75, 3.05) is 24.2 Å². The first kappa shape index (κ1) is 34.6. The Labute approximate surface area is 266 Å². The molecule has 0 bridgehead atoms. The number of nitrogens with zero attached hydrogens (tertiary/aromatic N) is 3. The molecule has 0 fully saturated rings. The van der Waals surface area contributed by atoms with Gasteiger partial charge in [-0.2, -0.15) is 0 Å². The van der Waals surface area contributed by atoms with Crippen LogP contribution in [0.15, 0.2) is 66.7 Å². The number of nitrogens with one attached hydrogen (secondary N) is 1. The second-order valence-electron chi connectivity index (χ2n) is 10.1. The van der Waals surface area contributed by atoms with Gasteiger partial charge >= 0.3 is 0 Å². The van der Waals surface area contributed by atoms with Crippen LogP contribution in [0.25, 0.3) is 0 Å². The van der Waals surface area contributed by atoms with Crippen LogP contribution >= 0.6 is 23.2 Å². The number of non-ortho nitro benzene ring substituents is 1. The number of halogens is 2. The van der Waals surface area contributed by atoms with Gasteiger partial charge in [-0.3, -0.25) is 24.0 Å². The highest BCUT2D eigenvalue weighted by molar-refractivity contribution is 7.92. The van der Waals surface area contributed by atoms with Crippen LogP contribution in [0.5, 0.6) is 5.75 Å². The molecule has 2 amide bonds. The molecule has 3 aromatic rings. The molecule has 3 rings (SSSR count). The van der Waals surface area contributed by atoms with E-state index >= 15 is 0 Å². The fourth-order valence-electron chi connectivity index (χ4n) is 4.43. The van der Waals surface area contributed by atoms with E-state index in [4.69, 9.17) is 27.9 Å². The van der Waals surface area contributed by atoms with Gasteiger partial charge in [0.2, 0.25) is 21.8 Å². The van der Waals surface area contributed by atoms with E-state index in [1.54, 1.807) is 30.3 Å². The predicted molar refractivity (Wildman–Crippen MR) is 171 cm³/mol. The second kappa shape index (κ2) is 15.2. The van der Waals surface area contributed by atoms with E-state index in [0.29, 0.717) is 16.3 Å². The molecule has 0 aromatic heterocycles. The normalized spacial score (nSPS) is 12.6. The molecule has 0 saturated heterocycles. The van der Waals surface area contributed by atoms with E-state index in [1.165, 1.54) is 18.1 Å². The van der Waals surface area contributed by atoms with Crippen LogP contribution in [0.4, 0.5) is 11.4 Å². The van der Waals surface area contributed by atoms with Crippen molar-refractivity contribution >= 4 is 56.4 Å². The maximum atomic E-state index is 14.3. The third kappa shape index (κ3) is 8.84. The molecule has 3 aromatic carbocycles. The van der Waals surface area contributed by atoms with Crippen LogP contribution in [0, 0.1) is 10.1 Å². The van der Waals surface area contributed by atoms with Gasteiger partial charge in [0.25, 0.3) is 5.69 Å². The summed E-state index contributed by atoms with van der Waals surface area (Å²) in [5.74, 6) is -1.25. The fraction of sp³-hybridized carbons (Fsp3) is 0.333. The van der Waals surface area contributed by atoms with Crippen LogP contribution in [-0.2, 0) is 32.6 Å². The predicted octanol–water partition coefficient (Wildman–Crippen LogP) is 5.23. The standard InChI is InChI=1S/C30H34Cl2N4O7S/c1-5-20(2)33-30(38)27(16-21-10-7-6-8-11-21)34(18-23-24(31)12-9-13-25(23)32)29(37)19-35(44(4,41)42)26-17-22(36(39)40)14-15-28(26)43-3/h6-15,17,20,27H,5,16,18-19H2,1-4H3,(H,33,38)/t20-,27-/m1/s1. The summed E-state index contributed by atoms with van der Waals surface area (Å²) in [6, 6.07) is 15.9. The number of rotatable bonds is 14. The van der Waals surface area contributed by atoms with Gasteiger partial charge in [0.15, 0.2) is 0 Å². The molecule has 236 valence electrons. The minimum atomic E-state index is -4.21. The lowest BCUT2D eigenvalue weighted by Gasteiger charge is -2.34. The van der Waals surface area contributed by atoms with Gasteiger partial charge in [0.1, 0.15) is 24.0 Å². The lowest BCUT2D eigenvalue weighted by Crippen LogP contribution is -2.54. The first-order valence-electron chi connectivity index (χ1n) is 13.6. The van der Waals surface area contributed by atoms with Crippen molar-refractivity contribution in [1.82, 2.24) is 10.2 Å². The minimum absolute atomic E-state index is 0.00938. The van der Waals surface area contributed by atoms with E-state index < -0.39 is 45.0 Å². The quantitative estimate of drug-likeness (QED) is 0.184. The fourth-order valence-corrected chi connectivity index (χ4v) is 5.79. The van der Waals surface area contributed by atoms with Crippen molar-refractivity contribution in [3.05, 3.63) is 98.0 Å². The smallest absolute Gasteiger partial charge is 0.271 e. The maximum Gasteiger partial charge on any atom is 0.271 e. The summed E-state index contributed by atoms with van der Waals surface area (Å²) in [6.07, 6.45) is 1.59. The van der Waals surface area contributed by atoms with Gasteiger partial charge in [-0.1, -0.05) is 66.5 Å². The van der Waals surface area contributed by atoms with Crippen LogP contribution in [0.3, 0.4) is 0 Å². The molecule has 0 aliphatic carbocycles. The summed E-state index contributed by atoms with van der Waals surface area (Å²) in [6.45, 7) is 2.70. The highest BCUT2D eigenvalue weighted by atomic mass is 35.5. The summed E-state index contributed by atoms with van der Waals surface area (Å²) in [5.41, 5.74) is 0.492. The third-order valence-corrected chi connectivity index (χ3v) is 8.82. The number of carbonyl (C=O) groups is 2. The Kier molecular flexibility index (Phi) is 12.0. The summed E-state index contributed by atoms with van der Waals surface area (Å²) in [4.78, 5) is 40.2. The monoisotopic (exact) mass is 664 g/mol. The zero-order valence-electron chi connectivity index (χ0n) is 24.7. The van der Waals surface area contributed by atoms with E-state index in [2.05, 4.69) is 5.32 Å². The summed E-state index contributed by atoms with van der Waals surface area (Å²) >= 11 is 13.0. The minimum Gasteiger partial charge on any atom is -0.495 e. The molecule has 44 heavy (non-hydrogen) atoms. The van der Waals surface area contributed by atoms with E-state index in [0.717, 1.165) is 24.0 Å². The molecule has 0 radical (unpaired) electrons. The lowest BCUT2D eigenvalue weighted by atomic mass is 10.0. The van der Waals surface area contributed by atoms with Crippen molar-refractivity contribution in [2.45, 2.75) is 45.3 Å². The molecule has 0 aliphatic rings. The topological polar surface area (TPSA) is 139 Å². The average Bonchev–Trinajstić information content (AvgIpc) is 2.98. The van der Waals surface area contributed by atoms with Gasteiger partial charge in [0, 0.05) is 46.7 Å². The van der Waals surface area contributed by atoms with E-state index in [-0.39, 0.29) is 40.5 Å². The number of hydrogen-bond acceptors (Lipinski definition) is 7. The van der Waals surface area contributed by atoms with Gasteiger partial charge < -0.3 is 15.0 Å². The molecular weight excluding hydrogens is 631 g/mol. The average molecular weight is 666 g/mol. The Morgan fingerprint density at radius 1 is 1.05 bits per heavy atom. The Hall–Kier alpha value is -3.87. The van der Waals surface area contributed by atoms with Crippen molar-refractivity contribution < 1.29 is 27.7 Å². The summed E-state index contributed by atoms with van der Waals surface area (Å²) < 4.78 is 32.2. The number of nitro groups is 1. The zero-order chi connectivity index (χ0) is 32.6. The number of methoxy groups -OCH3 is 1.